The maximum Gasteiger partial charge on any atom is 0.253 e. The molecule has 2 rings (SSSR count). The zero-order valence-corrected chi connectivity index (χ0v) is 9.64. The van der Waals surface area contributed by atoms with E-state index in [-0.39, 0.29) is 5.91 Å². The number of methoxy groups -OCH3 is 1. The summed E-state index contributed by atoms with van der Waals surface area (Å²) in [5.41, 5.74) is 1.32. The molecule has 0 aliphatic heterocycles. The van der Waals surface area contributed by atoms with Crippen LogP contribution in [-0.2, 0) is 4.74 Å². The smallest absolute Gasteiger partial charge is 0.253 e. The Balaban J connectivity index is 2.26. The average Bonchev–Trinajstić information content (AvgIpc) is 2.38. The first kappa shape index (κ1) is 11.5. The molecular weight excluding hydrogens is 216 g/mol. The topological polar surface area (TPSA) is 51.2 Å². The minimum absolute atomic E-state index is 0.119. The number of hydrogen-bond acceptors (Lipinski definition) is 3. The predicted molar refractivity (Wildman–Crippen MR) is 66.0 cm³/mol. The fourth-order valence-corrected chi connectivity index (χ4v) is 1.65. The van der Waals surface area contributed by atoms with Crippen molar-refractivity contribution < 1.29 is 9.53 Å². The Morgan fingerprint density at radius 2 is 2.18 bits per heavy atom. The minimum atomic E-state index is -0.119. The van der Waals surface area contributed by atoms with Crippen molar-refractivity contribution >= 4 is 16.8 Å². The summed E-state index contributed by atoms with van der Waals surface area (Å²) in [6.07, 6.45) is 1.69. The highest BCUT2D eigenvalue weighted by Gasteiger charge is 2.09. The number of amides is 1. The van der Waals surface area contributed by atoms with Crippen LogP contribution in [0.2, 0.25) is 0 Å². The van der Waals surface area contributed by atoms with Crippen molar-refractivity contribution in [2.75, 3.05) is 20.3 Å². The van der Waals surface area contributed by atoms with Gasteiger partial charge in [-0.1, -0.05) is 18.2 Å². The number of ether oxygens (including phenoxy) is 1. The van der Waals surface area contributed by atoms with Crippen molar-refractivity contribution in [3.8, 4) is 0 Å². The van der Waals surface area contributed by atoms with Gasteiger partial charge in [-0.05, 0) is 12.1 Å². The SMILES string of the molecule is COCCNC(=O)c1cccc2cccnc12. The van der Waals surface area contributed by atoms with E-state index in [9.17, 15) is 4.79 Å². The second-order valence-electron chi connectivity index (χ2n) is 3.63. The second-order valence-corrected chi connectivity index (χ2v) is 3.63. The first-order valence-corrected chi connectivity index (χ1v) is 5.44. The van der Waals surface area contributed by atoms with Crippen LogP contribution < -0.4 is 5.32 Å². The molecule has 0 atom stereocenters. The quantitative estimate of drug-likeness (QED) is 0.812. The highest BCUT2D eigenvalue weighted by Crippen LogP contribution is 2.15. The fourth-order valence-electron chi connectivity index (χ4n) is 1.65. The molecule has 0 fully saturated rings. The molecule has 0 aliphatic rings. The van der Waals surface area contributed by atoms with Gasteiger partial charge in [0.2, 0.25) is 0 Å². The van der Waals surface area contributed by atoms with E-state index in [4.69, 9.17) is 4.74 Å². The van der Waals surface area contributed by atoms with Crippen LogP contribution in [0.3, 0.4) is 0 Å². The van der Waals surface area contributed by atoms with Gasteiger partial charge in [-0.25, -0.2) is 0 Å². The predicted octanol–water partition coefficient (Wildman–Crippen LogP) is 1.61. The van der Waals surface area contributed by atoms with Crippen LogP contribution in [0.25, 0.3) is 10.9 Å². The molecule has 4 nitrogen and oxygen atoms in total. The average molecular weight is 230 g/mol. The van der Waals surface area contributed by atoms with Gasteiger partial charge in [0.1, 0.15) is 0 Å². The van der Waals surface area contributed by atoms with Gasteiger partial charge in [-0.15, -0.1) is 0 Å². The van der Waals surface area contributed by atoms with Gasteiger partial charge >= 0.3 is 0 Å². The molecule has 1 aromatic carbocycles. The number of nitrogens with one attached hydrogen (secondary N) is 1. The molecular formula is C13H14N2O2. The molecule has 1 heterocycles. The first-order chi connectivity index (χ1) is 8.33. The highest BCUT2D eigenvalue weighted by atomic mass is 16.5. The highest BCUT2D eigenvalue weighted by molar-refractivity contribution is 6.05. The van der Waals surface area contributed by atoms with Crippen LogP contribution in [-0.4, -0.2) is 31.2 Å². The second kappa shape index (κ2) is 5.41. The molecule has 1 aromatic heterocycles. The monoisotopic (exact) mass is 230 g/mol. The Morgan fingerprint density at radius 3 is 3.00 bits per heavy atom. The molecule has 0 radical (unpaired) electrons. The van der Waals surface area contributed by atoms with E-state index in [1.807, 2.05) is 24.3 Å². The van der Waals surface area contributed by atoms with Crippen LogP contribution in [0.1, 0.15) is 10.4 Å². The van der Waals surface area contributed by atoms with Crippen molar-refractivity contribution in [3.63, 3.8) is 0 Å². The number of carbonyl (C=O) groups excluding carboxylic acids is 1. The zero-order valence-electron chi connectivity index (χ0n) is 9.64. The fraction of sp³-hybridized carbons (Fsp3) is 0.231. The molecule has 2 aromatic rings. The molecule has 88 valence electrons. The van der Waals surface area contributed by atoms with Crippen molar-refractivity contribution in [2.24, 2.45) is 0 Å². The molecule has 0 unspecified atom stereocenters. The number of nitrogens with zero attached hydrogens (tertiary/aromatic N) is 1. The largest absolute Gasteiger partial charge is 0.383 e. The third-order valence-corrected chi connectivity index (χ3v) is 2.47. The van der Waals surface area contributed by atoms with Crippen LogP contribution in [0, 0.1) is 0 Å². The summed E-state index contributed by atoms with van der Waals surface area (Å²) < 4.78 is 4.89. The molecule has 0 saturated heterocycles. The van der Waals surface area contributed by atoms with Gasteiger partial charge in [0, 0.05) is 25.2 Å². The lowest BCUT2D eigenvalue weighted by Crippen LogP contribution is -2.27. The number of rotatable bonds is 4. The summed E-state index contributed by atoms with van der Waals surface area (Å²) in [6.45, 7) is 1.00. The zero-order chi connectivity index (χ0) is 12.1. The number of para-hydroxylation sites is 1. The van der Waals surface area contributed by atoms with Crippen molar-refractivity contribution in [2.45, 2.75) is 0 Å². The number of pyridine rings is 1. The molecule has 4 heteroatoms. The third-order valence-electron chi connectivity index (χ3n) is 2.47. The normalized spacial score (nSPS) is 10.4. The standard InChI is InChI=1S/C13H14N2O2/c1-17-9-8-15-13(16)11-6-2-4-10-5-3-7-14-12(10)11/h2-7H,8-9H2,1H3,(H,15,16). The van der Waals surface area contributed by atoms with E-state index < -0.39 is 0 Å². The summed E-state index contributed by atoms with van der Waals surface area (Å²) in [7, 11) is 1.60. The Hall–Kier alpha value is -1.94. The summed E-state index contributed by atoms with van der Waals surface area (Å²) >= 11 is 0. The van der Waals surface area contributed by atoms with Crippen LogP contribution in [0.15, 0.2) is 36.5 Å². The molecule has 0 spiro atoms. The Bertz CT molecular complexity index is 520. The maximum absolute atomic E-state index is 11.9. The summed E-state index contributed by atoms with van der Waals surface area (Å²) in [5, 5.41) is 3.75. The molecule has 1 amide bonds. The van der Waals surface area contributed by atoms with Gasteiger partial charge in [0.05, 0.1) is 17.7 Å². The van der Waals surface area contributed by atoms with E-state index in [1.165, 1.54) is 0 Å². The van der Waals surface area contributed by atoms with Crippen molar-refractivity contribution in [1.82, 2.24) is 10.3 Å². The van der Waals surface area contributed by atoms with Crippen molar-refractivity contribution in [1.29, 1.82) is 0 Å². The van der Waals surface area contributed by atoms with E-state index in [0.717, 1.165) is 10.9 Å². The minimum Gasteiger partial charge on any atom is -0.383 e. The van der Waals surface area contributed by atoms with E-state index in [2.05, 4.69) is 10.3 Å². The van der Waals surface area contributed by atoms with Crippen LogP contribution in [0.5, 0.6) is 0 Å². The van der Waals surface area contributed by atoms with Crippen LogP contribution >= 0.6 is 0 Å². The first-order valence-electron chi connectivity index (χ1n) is 5.44. The Labute approximate surface area is 99.6 Å². The number of hydrogen-bond donors (Lipinski definition) is 1. The van der Waals surface area contributed by atoms with Crippen LogP contribution in [0.4, 0.5) is 0 Å². The van der Waals surface area contributed by atoms with E-state index in [0.29, 0.717) is 18.7 Å². The van der Waals surface area contributed by atoms with Gasteiger partial charge < -0.3 is 10.1 Å². The van der Waals surface area contributed by atoms with Gasteiger partial charge in [0.15, 0.2) is 0 Å². The van der Waals surface area contributed by atoms with Gasteiger partial charge in [-0.3, -0.25) is 9.78 Å². The maximum atomic E-state index is 11.9. The molecule has 0 aliphatic carbocycles. The van der Waals surface area contributed by atoms with E-state index >= 15 is 0 Å². The Kier molecular flexibility index (Phi) is 3.67. The summed E-state index contributed by atoms with van der Waals surface area (Å²) in [6, 6.07) is 9.37. The lowest BCUT2D eigenvalue weighted by molar-refractivity contribution is 0.0938. The number of fused-ring (bicyclic) bond motifs is 1. The molecule has 1 N–H and O–H groups in total. The lowest BCUT2D eigenvalue weighted by Gasteiger charge is -2.06. The molecule has 0 saturated carbocycles. The Morgan fingerprint density at radius 1 is 1.35 bits per heavy atom. The number of benzene rings is 1. The molecule has 0 bridgehead atoms. The number of aromatic nitrogens is 1. The third kappa shape index (κ3) is 2.60. The summed E-state index contributed by atoms with van der Waals surface area (Å²) in [4.78, 5) is 16.2. The van der Waals surface area contributed by atoms with E-state index in [1.54, 1.807) is 19.4 Å². The van der Waals surface area contributed by atoms with Crippen molar-refractivity contribution in [3.05, 3.63) is 42.1 Å². The van der Waals surface area contributed by atoms with Gasteiger partial charge in [-0.2, -0.15) is 0 Å². The van der Waals surface area contributed by atoms with Gasteiger partial charge in [0.25, 0.3) is 5.91 Å². The summed E-state index contributed by atoms with van der Waals surface area (Å²) in [5.74, 6) is -0.119. The lowest BCUT2D eigenvalue weighted by atomic mass is 10.1. The number of carbonyl (C=O) groups is 1. The molecule has 17 heavy (non-hydrogen) atoms.